The van der Waals surface area contributed by atoms with Gasteiger partial charge in [0.1, 0.15) is 15.6 Å². The third-order valence-corrected chi connectivity index (χ3v) is 4.61. The van der Waals surface area contributed by atoms with Crippen LogP contribution in [0.5, 0.6) is 5.75 Å². The van der Waals surface area contributed by atoms with Gasteiger partial charge < -0.3 is 10.5 Å². The lowest BCUT2D eigenvalue weighted by atomic mass is 10.0. The summed E-state index contributed by atoms with van der Waals surface area (Å²) in [5.41, 5.74) is 7.02. The summed E-state index contributed by atoms with van der Waals surface area (Å²) >= 11 is 0. The fraction of sp³-hybridized carbons (Fsp3) is 0.538. The van der Waals surface area contributed by atoms with Crippen LogP contribution in [0.15, 0.2) is 24.3 Å². The van der Waals surface area contributed by atoms with Gasteiger partial charge in [-0.25, -0.2) is 8.42 Å². The Labute approximate surface area is 109 Å². The first-order valence-corrected chi connectivity index (χ1v) is 7.88. The SMILES string of the molecule is CCS(=O)(=O)CCC(N)Cc1cccc(OC)c1. The third-order valence-electron chi connectivity index (χ3n) is 2.87. The van der Waals surface area contributed by atoms with Crippen molar-refractivity contribution in [1.29, 1.82) is 0 Å². The molecule has 0 amide bonds. The molecule has 1 unspecified atom stereocenters. The van der Waals surface area contributed by atoms with Gasteiger partial charge in [0.2, 0.25) is 0 Å². The van der Waals surface area contributed by atoms with Crippen molar-refractivity contribution in [2.75, 3.05) is 18.6 Å². The second-order valence-electron chi connectivity index (χ2n) is 4.34. The summed E-state index contributed by atoms with van der Waals surface area (Å²) in [5.74, 6) is 1.13. The van der Waals surface area contributed by atoms with Crippen LogP contribution in [-0.2, 0) is 16.3 Å². The molecular weight excluding hydrogens is 250 g/mol. The van der Waals surface area contributed by atoms with Crippen LogP contribution in [-0.4, -0.2) is 33.1 Å². The molecule has 0 saturated carbocycles. The molecule has 0 aromatic heterocycles. The van der Waals surface area contributed by atoms with E-state index >= 15 is 0 Å². The molecule has 18 heavy (non-hydrogen) atoms. The van der Waals surface area contributed by atoms with Crippen molar-refractivity contribution in [2.24, 2.45) is 5.73 Å². The summed E-state index contributed by atoms with van der Waals surface area (Å²) in [6.07, 6.45) is 1.16. The van der Waals surface area contributed by atoms with E-state index < -0.39 is 9.84 Å². The van der Waals surface area contributed by atoms with Gasteiger partial charge in [-0.2, -0.15) is 0 Å². The average Bonchev–Trinajstić information content (AvgIpc) is 2.37. The molecule has 1 aromatic carbocycles. The zero-order valence-corrected chi connectivity index (χ0v) is 11.7. The molecule has 0 aliphatic carbocycles. The number of nitrogens with two attached hydrogens (primary N) is 1. The van der Waals surface area contributed by atoms with Crippen molar-refractivity contribution >= 4 is 9.84 Å². The summed E-state index contributed by atoms with van der Waals surface area (Å²) in [7, 11) is -1.31. The summed E-state index contributed by atoms with van der Waals surface area (Å²) in [6.45, 7) is 1.66. The highest BCUT2D eigenvalue weighted by Gasteiger charge is 2.11. The highest BCUT2D eigenvalue weighted by atomic mass is 32.2. The van der Waals surface area contributed by atoms with Gasteiger partial charge in [0, 0.05) is 11.8 Å². The maximum Gasteiger partial charge on any atom is 0.150 e. The van der Waals surface area contributed by atoms with Crippen LogP contribution in [0.2, 0.25) is 0 Å². The number of ether oxygens (including phenoxy) is 1. The molecule has 1 aromatic rings. The first kappa shape index (κ1) is 15.0. The quantitative estimate of drug-likeness (QED) is 0.813. The topological polar surface area (TPSA) is 69.4 Å². The van der Waals surface area contributed by atoms with Crippen molar-refractivity contribution in [3.8, 4) is 5.75 Å². The Bertz CT molecular complexity index is 471. The van der Waals surface area contributed by atoms with E-state index in [2.05, 4.69) is 0 Å². The van der Waals surface area contributed by atoms with Gasteiger partial charge in [0.25, 0.3) is 0 Å². The number of sulfone groups is 1. The lowest BCUT2D eigenvalue weighted by molar-refractivity contribution is 0.414. The molecule has 0 fully saturated rings. The van der Waals surface area contributed by atoms with Gasteiger partial charge in [-0.15, -0.1) is 0 Å². The average molecular weight is 271 g/mol. The van der Waals surface area contributed by atoms with E-state index in [1.54, 1.807) is 14.0 Å². The molecular formula is C13H21NO3S. The summed E-state index contributed by atoms with van der Waals surface area (Å²) in [4.78, 5) is 0. The number of hydrogen-bond donors (Lipinski definition) is 1. The minimum atomic E-state index is -2.92. The van der Waals surface area contributed by atoms with E-state index in [0.717, 1.165) is 11.3 Å². The minimum absolute atomic E-state index is 0.140. The Morgan fingerprint density at radius 2 is 2.11 bits per heavy atom. The number of hydrogen-bond acceptors (Lipinski definition) is 4. The van der Waals surface area contributed by atoms with E-state index in [1.165, 1.54) is 0 Å². The molecule has 4 nitrogen and oxygen atoms in total. The molecule has 1 rings (SSSR count). The van der Waals surface area contributed by atoms with E-state index in [9.17, 15) is 8.42 Å². The van der Waals surface area contributed by atoms with Gasteiger partial charge in [0.05, 0.1) is 12.9 Å². The molecule has 0 bridgehead atoms. The number of rotatable bonds is 7. The molecule has 5 heteroatoms. The lowest BCUT2D eigenvalue weighted by Crippen LogP contribution is -2.26. The predicted molar refractivity (Wildman–Crippen MR) is 73.6 cm³/mol. The van der Waals surface area contributed by atoms with Crippen LogP contribution < -0.4 is 10.5 Å². The Morgan fingerprint density at radius 3 is 2.72 bits per heavy atom. The maximum absolute atomic E-state index is 11.4. The standard InChI is InChI=1S/C13H21NO3S/c1-3-18(15,16)8-7-12(14)9-11-5-4-6-13(10-11)17-2/h4-6,10,12H,3,7-9,14H2,1-2H3. The molecule has 0 aliphatic rings. The first-order chi connectivity index (χ1) is 8.46. The Balaban J connectivity index is 2.51. The van der Waals surface area contributed by atoms with Gasteiger partial charge >= 0.3 is 0 Å². The predicted octanol–water partition coefficient (Wildman–Crippen LogP) is 1.39. The van der Waals surface area contributed by atoms with Crippen LogP contribution in [0, 0.1) is 0 Å². The van der Waals surface area contributed by atoms with Crippen LogP contribution in [0.1, 0.15) is 18.9 Å². The zero-order valence-electron chi connectivity index (χ0n) is 10.9. The molecule has 0 radical (unpaired) electrons. The van der Waals surface area contributed by atoms with Crippen LogP contribution in [0.25, 0.3) is 0 Å². The number of methoxy groups -OCH3 is 1. The Kier molecular flexibility index (Phi) is 5.62. The van der Waals surface area contributed by atoms with Crippen molar-refractivity contribution < 1.29 is 13.2 Å². The summed E-state index contributed by atoms with van der Waals surface area (Å²) in [6, 6.07) is 7.53. The molecule has 2 N–H and O–H groups in total. The monoisotopic (exact) mass is 271 g/mol. The second kappa shape index (κ2) is 6.75. The van der Waals surface area contributed by atoms with Crippen molar-refractivity contribution in [3.63, 3.8) is 0 Å². The van der Waals surface area contributed by atoms with Crippen LogP contribution in [0.4, 0.5) is 0 Å². The first-order valence-electron chi connectivity index (χ1n) is 6.05. The fourth-order valence-electron chi connectivity index (χ4n) is 1.68. The van der Waals surface area contributed by atoms with Crippen LogP contribution in [0.3, 0.4) is 0 Å². The summed E-state index contributed by atoms with van der Waals surface area (Å²) in [5, 5.41) is 0. The third kappa shape index (κ3) is 5.06. The molecule has 102 valence electrons. The minimum Gasteiger partial charge on any atom is -0.497 e. The van der Waals surface area contributed by atoms with Crippen molar-refractivity contribution in [3.05, 3.63) is 29.8 Å². The van der Waals surface area contributed by atoms with E-state index in [0.29, 0.717) is 12.8 Å². The molecule has 0 heterocycles. The molecule has 1 atom stereocenters. The smallest absolute Gasteiger partial charge is 0.150 e. The second-order valence-corrected chi connectivity index (χ2v) is 6.81. The molecule has 0 aliphatic heterocycles. The van der Waals surface area contributed by atoms with E-state index in [4.69, 9.17) is 10.5 Å². The van der Waals surface area contributed by atoms with E-state index in [-0.39, 0.29) is 17.5 Å². The lowest BCUT2D eigenvalue weighted by Gasteiger charge is -2.12. The van der Waals surface area contributed by atoms with E-state index in [1.807, 2.05) is 24.3 Å². The largest absolute Gasteiger partial charge is 0.497 e. The van der Waals surface area contributed by atoms with Gasteiger partial charge in [-0.1, -0.05) is 19.1 Å². The maximum atomic E-state index is 11.4. The van der Waals surface area contributed by atoms with Gasteiger partial charge in [-0.05, 0) is 30.5 Å². The van der Waals surface area contributed by atoms with Gasteiger partial charge in [0.15, 0.2) is 0 Å². The fourth-order valence-corrected chi connectivity index (χ4v) is 2.63. The van der Waals surface area contributed by atoms with Crippen LogP contribution >= 0.6 is 0 Å². The number of benzene rings is 1. The molecule has 0 saturated heterocycles. The van der Waals surface area contributed by atoms with Crippen molar-refractivity contribution in [1.82, 2.24) is 0 Å². The highest BCUT2D eigenvalue weighted by Crippen LogP contribution is 2.14. The zero-order chi connectivity index (χ0) is 13.6. The normalized spacial score (nSPS) is 13.3. The highest BCUT2D eigenvalue weighted by molar-refractivity contribution is 7.91. The van der Waals surface area contributed by atoms with Crippen molar-refractivity contribution in [2.45, 2.75) is 25.8 Å². The summed E-state index contributed by atoms with van der Waals surface area (Å²) < 4.78 is 27.9. The Morgan fingerprint density at radius 1 is 1.39 bits per heavy atom. The Hall–Kier alpha value is -1.07. The van der Waals surface area contributed by atoms with Gasteiger partial charge in [-0.3, -0.25) is 0 Å². The molecule has 0 spiro atoms.